The van der Waals surface area contributed by atoms with Gasteiger partial charge in [-0.2, -0.15) is 0 Å². The Hall–Kier alpha value is -1.60. The minimum Gasteiger partial charge on any atom is -0.338 e. The highest BCUT2D eigenvalue weighted by Crippen LogP contribution is 2.24. The monoisotopic (exact) mass is 370 g/mol. The lowest BCUT2D eigenvalue weighted by molar-refractivity contribution is -0.118. The number of rotatable bonds is 4. The minimum atomic E-state index is -0.116. The molecule has 1 fully saturated rings. The normalized spacial score (nSPS) is 18.0. The molecule has 2 heterocycles. The molecule has 0 radical (unpaired) electrons. The molecule has 3 rings (SSSR count). The van der Waals surface area contributed by atoms with Crippen molar-refractivity contribution in [2.45, 2.75) is 13.0 Å². The first-order valence-corrected chi connectivity index (χ1v) is 7.93. The van der Waals surface area contributed by atoms with Crippen molar-refractivity contribution >= 4 is 35.8 Å². The van der Waals surface area contributed by atoms with Crippen LogP contribution in [0.25, 0.3) is 0 Å². The zero-order valence-corrected chi connectivity index (χ0v) is 14.9. The highest BCUT2D eigenvalue weighted by Gasteiger charge is 2.25. The topological polar surface area (TPSA) is 70.4 Å². The first kappa shape index (κ1) is 18.7. The number of carbonyl (C=O) groups excluding carboxylic acids is 1. The van der Waals surface area contributed by atoms with Gasteiger partial charge in [-0.15, -0.1) is 12.4 Å². The van der Waals surface area contributed by atoms with Crippen LogP contribution in [0.15, 0.2) is 34.9 Å². The molecule has 6 nitrogen and oxygen atoms in total. The van der Waals surface area contributed by atoms with Gasteiger partial charge in [-0.1, -0.05) is 28.9 Å². The van der Waals surface area contributed by atoms with E-state index >= 15 is 0 Å². The summed E-state index contributed by atoms with van der Waals surface area (Å²) < 4.78 is 5.02. The third kappa shape index (κ3) is 4.70. The summed E-state index contributed by atoms with van der Waals surface area (Å²) in [4.78, 5) is 14.4. The molecule has 0 spiro atoms. The van der Waals surface area contributed by atoms with E-state index in [9.17, 15) is 4.79 Å². The van der Waals surface area contributed by atoms with Crippen LogP contribution in [-0.4, -0.2) is 42.1 Å². The predicted octanol–water partition coefficient (Wildman–Crippen LogP) is 2.64. The quantitative estimate of drug-likeness (QED) is 0.865. The Labute approximate surface area is 151 Å². The fourth-order valence-electron chi connectivity index (χ4n) is 2.76. The summed E-state index contributed by atoms with van der Waals surface area (Å²) >= 11 is 6.09. The number of aryl methyl sites for hydroxylation is 1. The van der Waals surface area contributed by atoms with Crippen molar-refractivity contribution in [1.29, 1.82) is 0 Å². The molecule has 0 saturated carbocycles. The number of carbonyl (C=O) groups is 1. The number of nitrogens with zero attached hydrogens (tertiary/aromatic N) is 2. The molecule has 8 heteroatoms. The number of nitrogens with one attached hydrogen (secondary N) is 2. The zero-order valence-electron chi connectivity index (χ0n) is 13.3. The predicted molar refractivity (Wildman–Crippen MR) is 95.8 cm³/mol. The molecule has 1 unspecified atom stereocenters. The summed E-state index contributed by atoms with van der Waals surface area (Å²) in [6.45, 7) is 4.53. The second-order valence-electron chi connectivity index (χ2n) is 5.63. The summed E-state index contributed by atoms with van der Waals surface area (Å²) in [6, 6.07) is 9.58. The number of aromatic nitrogens is 1. The van der Waals surface area contributed by atoms with Gasteiger partial charge in [-0.05, 0) is 24.6 Å². The Kier molecular flexibility index (Phi) is 6.62. The summed E-state index contributed by atoms with van der Waals surface area (Å²) in [6.07, 6.45) is 0. The molecular weight excluding hydrogens is 351 g/mol. The first-order chi connectivity index (χ1) is 11.1. The van der Waals surface area contributed by atoms with Crippen molar-refractivity contribution in [3.05, 3.63) is 46.6 Å². The fraction of sp³-hybridized carbons (Fsp3) is 0.375. The molecule has 2 aromatic rings. The summed E-state index contributed by atoms with van der Waals surface area (Å²) in [5, 5.41) is 10.6. The molecule has 2 N–H and O–H groups in total. The number of anilines is 1. The fourth-order valence-corrected chi connectivity index (χ4v) is 2.96. The molecule has 0 bridgehead atoms. The maximum absolute atomic E-state index is 12.2. The number of benzene rings is 1. The highest BCUT2D eigenvalue weighted by atomic mass is 35.5. The molecule has 24 heavy (non-hydrogen) atoms. The summed E-state index contributed by atoms with van der Waals surface area (Å²) in [7, 11) is 0. The minimum absolute atomic E-state index is 0. The van der Waals surface area contributed by atoms with Crippen LogP contribution in [0.2, 0.25) is 5.02 Å². The van der Waals surface area contributed by atoms with E-state index in [0.717, 1.165) is 30.9 Å². The van der Waals surface area contributed by atoms with Gasteiger partial charge < -0.3 is 9.84 Å². The van der Waals surface area contributed by atoms with Crippen molar-refractivity contribution < 1.29 is 9.32 Å². The third-order valence-corrected chi connectivity index (χ3v) is 4.06. The van der Waals surface area contributed by atoms with E-state index in [-0.39, 0.29) is 24.4 Å². The van der Waals surface area contributed by atoms with Crippen molar-refractivity contribution in [3.8, 4) is 0 Å². The zero-order chi connectivity index (χ0) is 16.2. The van der Waals surface area contributed by atoms with Crippen LogP contribution in [0.4, 0.5) is 5.88 Å². The standard InChI is InChI=1S/C16H19ClN4O2.ClH/c1-11-7-16(23-20-11)19-15(22)10-21-6-5-18-9-14(21)12-3-2-4-13(17)8-12;/h2-4,7-8,14,18H,5-6,9-10H2,1H3,(H,19,22);1H. The molecule has 1 amide bonds. The lowest BCUT2D eigenvalue weighted by atomic mass is 10.0. The highest BCUT2D eigenvalue weighted by molar-refractivity contribution is 6.30. The first-order valence-electron chi connectivity index (χ1n) is 7.55. The Morgan fingerprint density at radius 2 is 2.33 bits per heavy atom. The molecule has 0 aliphatic carbocycles. The van der Waals surface area contributed by atoms with Crippen LogP contribution in [-0.2, 0) is 4.79 Å². The van der Waals surface area contributed by atoms with Gasteiger partial charge in [0, 0.05) is 36.8 Å². The average Bonchev–Trinajstić information content (AvgIpc) is 2.92. The maximum Gasteiger partial charge on any atom is 0.240 e. The Morgan fingerprint density at radius 3 is 3.04 bits per heavy atom. The van der Waals surface area contributed by atoms with Crippen molar-refractivity contribution in [2.24, 2.45) is 0 Å². The Morgan fingerprint density at radius 1 is 1.50 bits per heavy atom. The van der Waals surface area contributed by atoms with Crippen molar-refractivity contribution in [1.82, 2.24) is 15.4 Å². The van der Waals surface area contributed by atoms with Gasteiger partial charge in [0.1, 0.15) is 0 Å². The lowest BCUT2D eigenvalue weighted by Gasteiger charge is -2.36. The average molecular weight is 371 g/mol. The van der Waals surface area contributed by atoms with E-state index in [1.165, 1.54) is 0 Å². The Balaban J connectivity index is 0.00000208. The van der Waals surface area contributed by atoms with Gasteiger partial charge in [0.15, 0.2) is 0 Å². The number of hydrogen-bond donors (Lipinski definition) is 2. The van der Waals surface area contributed by atoms with Gasteiger partial charge in [-0.25, -0.2) is 0 Å². The van der Waals surface area contributed by atoms with Crippen LogP contribution in [0.3, 0.4) is 0 Å². The van der Waals surface area contributed by atoms with Gasteiger partial charge >= 0.3 is 0 Å². The summed E-state index contributed by atoms with van der Waals surface area (Å²) in [5.74, 6) is 0.261. The number of piperazine rings is 1. The lowest BCUT2D eigenvalue weighted by Crippen LogP contribution is -2.48. The van der Waals surface area contributed by atoms with E-state index in [0.29, 0.717) is 17.5 Å². The SMILES string of the molecule is Cc1cc(NC(=O)CN2CCNCC2c2cccc(Cl)c2)on1.Cl. The molecule has 1 aromatic carbocycles. The van der Waals surface area contributed by atoms with Crippen LogP contribution < -0.4 is 10.6 Å². The number of hydrogen-bond acceptors (Lipinski definition) is 5. The third-order valence-electron chi connectivity index (χ3n) is 3.82. The molecule has 1 atom stereocenters. The van der Waals surface area contributed by atoms with Gasteiger partial charge in [-0.3, -0.25) is 15.0 Å². The number of amides is 1. The smallest absolute Gasteiger partial charge is 0.240 e. The second-order valence-corrected chi connectivity index (χ2v) is 6.06. The van der Waals surface area contributed by atoms with Gasteiger partial charge in [0.05, 0.1) is 12.2 Å². The van der Waals surface area contributed by atoms with Crippen LogP contribution in [0.5, 0.6) is 0 Å². The molecule has 1 aliphatic rings. The number of halogens is 2. The summed E-state index contributed by atoms with van der Waals surface area (Å²) in [5.41, 5.74) is 1.84. The van der Waals surface area contributed by atoms with Crippen LogP contribution in [0, 0.1) is 6.92 Å². The van der Waals surface area contributed by atoms with E-state index in [4.69, 9.17) is 16.1 Å². The molecule has 130 valence electrons. The van der Waals surface area contributed by atoms with Crippen molar-refractivity contribution in [3.63, 3.8) is 0 Å². The van der Waals surface area contributed by atoms with E-state index in [1.54, 1.807) is 6.07 Å². The Bertz CT molecular complexity index is 692. The maximum atomic E-state index is 12.2. The van der Waals surface area contributed by atoms with Crippen molar-refractivity contribution in [2.75, 3.05) is 31.5 Å². The van der Waals surface area contributed by atoms with Gasteiger partial charge in [0.25, 0.3) is 0 Å². The second kappa shape index (κ2) is 8.48. The van der Waals surface area contributed by atoms with E-state index < -0.39 is 0 Å². The molecular formula is C16H20Cl2N4O2. The molecule has 1 saturated heterocycles. The van der Waals surface area contributed by atoms with E-state index in [2.05, 4.69) is 20.7 Å². The molecule has 1 aromatic heterocycles. The van der Waals surface area contributed by atoms with Crippen LogP contribution >= 0.6 is 24.0 Å². The van der Waals surface area contributed by atoms with Gasteiger partial charge in [0.2, 0.25) is 11.8 Å². The molecule has 1 aliphatic heterocycles. The van der Waals surface area contributed by atoms with E-state index in [1.807, 2.05) is 31.2 Å². The largest absolute Gasteiger partial charge is 0.338 e. The van der Waals surface area contributed by atoms with Crippen LogP contribution in [0.1, 0.15) is 17.3 Å².